The fourth-order valence-corrected chi connectivity index (χ4v) is 3.52. The molecule has 0 amide bonds. The number of H-pyrrole nitrogens is 1. The Labute approximate surface area is 142 Å². The Balaban J connectivity index is 1.99. The number of fused-ring (bicyclic) bond motifs is 1. The smallest absolute Gasteiger partial charge is 0.141 e. The average Bonchev–Trinajstić information content (AvgIpc) is 3.25. The number of aromatic nitrogens is 3. The third-order valence-corrected chi connectivity index (χ3v) is 4.97. The lowest BCUT2D eigenvalue weighted by molar-refractivity contribution is 0.393. The van der Waals surface area contributed by atoms with Crippen molar-refractivity contribution < 1.29 is 4.52 Å². The van der Waals surface area contributed by atoms with Gasteiger partial charge in [-0.3, -0.25) is 0 Å². The zero-order valence-electron chi connectivity index (χ0n) is 14.7. The topological polar surface area (TPSA) is 54.7 Å². The number of rotatable bonds is 4. The number of nitrogens with one attached hydrogen (secondary N) is 1. The van der Waals surface area contributed by atoms with E-state index < -0.39 is 0 Å². The minimum Gasteiger partial charge on any atom is -0.361 e. The monoisotopic (exact) mass is 321 g/mol. The van der Waals surface area contributed by atoms with Crippen LogP contribution in [0.4, 0.5) is 0 Å². The van der Waals surface area contributed by atoms with Crippen LogP contribution in [0, 0.1) is 13.8 Å². The van der Waals surface area contributed by atoms with Gasteiger partial charge < -0.3 is 9.51 Å². The summed E-state index contributed by atoms with van der Waals surface area (Å²) in [4.78, 5) is 8.48. The van der Waals surface area contributed by atoms with E-state index in [9.17, 15) is 0 Å². The largest absolute Gasteiger partial charge is 0.361 e. The van der Waals surface area contributed by atoms with Crippen molar-refractivity contribution in [2.45, 2.75) is 52.9 Å². The number of benzene rings is 1. The maximum atomic E-state index is 5.38. The number of aromatic amines is 1. The fourth-order valence-electron chi connectivity index (χ4n) is 3.52. The molecule has 0 spiro atoms. The van der Waals surface area contributed by atoms with Gasteiger partial charge in [0.25, 0.3) is 0 Å². The lowest BCUT2D eigenvalue weighted by atomic mass is 9.95. The van der Waals surface area contributed by atoms with Gasteiger partial charge in [0.15, 0.2) is 0 Å². The predicted molar refractivity (Wildman–Crippen MR) is 97.0 cm³/mol. The summed E-state index contributed by atoms with van der Waals surface area (Å²) in [6, 6.07) is 4.43. The highest BCUT2D eigenvalue weighted by Crippen LogP contribution is 2.41. The standard InChI is InChI=1S/C20H23N3O/c1-5-13(6-2)16-9-15(18-11(3)23-24-12(18)4)10-17-19(16)22-20(21-17)14-7-8-14/h5,9-10,14H,6-8H2,1-4H3,(H,21,22)/b13-5+. The van der Waals surface area contributed by atoms with Crippen molar-refractivity contribution in [2.24, 2.45) is 0 Å². The molecule has 1 aromatic carbocycles. The molecule has 4 nitrogen and oxygen atoms in total. The van der Waals surface area contributed by atoms with Crippen LogP contribution in [0.3, 0.4) is 0 Å². The van der Waals surface area contributed by atoms with E-state index in [0.29, 0.717) is 5.92 Å². The molecule has 2 heterocycles. The molecule has 0 unspecified atom stereocenters. The summed E-state index contributed by atoms with van der Waals surface area (Å²) in [6.07, 6.45) is 5.67. The Morgan fingerprint density at radius 2 is 2.12 bits per heavy atom. The first-order valence-corrected chi connectivity index (χ1v) is 8.74. The summed E-state index contributed by atoms with van der Waals surface area (Å²) in [7, 11) is 0. The van der Waals surface area contributed by atoms with Gasteiger partial charge in [0.1, 0.15) is 11.6 Å². The van der Waals surface area contributed by atoms with Crippen molar-refractivity contribution in [3.8, 4) is 11.1 Å². The van der Waals surface area contributed by atoms with E-state index >= 15 is 0 Å². The molecule has 0 radical (unpaired) electrons. The lowest BCUT2D eigenvalue weighted by Gasteiger charge is -2.09. The molecule has 4 rings (SSSR count). The molecule has 0 bridgehead atoms. The molecule has 1 aliphatic rings. The second-order valence-corrected chi connectivity index (χ2v) is 6.68. The van der Waals surface area contributed by atoms with Gasteiger partial charge in [-0.05, 0) is 63.3 Å². The highest BCUT2D eigenvalue weighted by molar-refractivity contribution is 5.93. The number of nitrogens with zero attached hydrogens (tertiary/aromatic N) is 2. The molecule has 0 atom stereocenters. The summed E-state index contributed by atoms with van der Waals surface area (Å²) >= 11 is 0. The lowest BCUT2D eigenvalue weighted by Crippen LogP contribution is -1.90. The van der Waals surface area contributed by atoms with Crippen molar-refractivity contribution in [1.82, 2.24) is 15.1 Å². The Morgan fingerprint density at radius 1 is 1.33 bits per heavy atom. The molecule has 3 aromatic rings. The third-order valence-electron chi connectivity index (χ3n) is 4.97. The second-order valence-electron chi connectivity index (χ2n) is 6.68. The first-order chi connectivity index (χ1) is 11.6. The van der Waals surface area contributed by atoms with Crippen LogP contribution in [0.2, 0.25) is 0 Å². The van der Waals surface area contributed by atoms with E-state index in [1.807, 2.05) is 13.8 Å². The van der Waals surface area contributed by atoms with Crippen molar-refractivity contribution in [3.63, 3.8) is 0 Å². The first kappa shape index (κ1) is 15.2. The van der Waals surface area contributed by atoms with Gasteiger partial charge in [0.05, 0.1) is 16.7 Å². The summed E-state index contributed by atoms with van der Waals surface area (Å²) < 4.78 is 5.38. The van der Waals surface area contributed by atoms with E-state index in [1.165, 1.54) is 24.0 Å². The van der Waals surface area contributed by atoms with Crippen molar-refractivity contribution >= 4 is 16.6 Å². The zero-order valence-corrected chi connectivity index (χ0v) is 14.7. The Kier molecular flexibility index (Phi) is 3.56. The minimum absolute atomic E-state index is 0.614. The van der Waals surface area contributed by atoms with Crippen molar-refractivity contribution in [3.05, 3.63) is 41.1 Å². The molecule has 1 N–H and O–H groups in total. The van der Waals surface area contributed by atoms with Crippen molar-refractivity contribution in [2.75, 3.05) is 0 Å². The van der Waals surface area contributed by atoms with E-state index in [2.05, 4.69) is 42.2 Å². The predicted octanol–water partition coefficient (Wildman–Crippen LogP) is 5.53. The van der Waals surface area contributed by atoms with Crippen LogP contribution in [0.1, 0.15) is 61.9 Å². The highest BCUT2D eigenvalue weighted by atomic mass is 16.5. The summed E-state index contributed by atoms with van der Waals surface area (Å²) in [5.74, 6) is 2.61. The number of aryl methyl sites for hydroxylation is 2. The van der Waals surface area contributed by atoms with Gasteiger partial charge in [-0.2, -0.15) is 0 Å². The molecular weight excluding hydrogens is 298 g/mol. The van der Waals surface area contributed by atoms with Gasteiger partial charge in [-0.1, -0.05) is 18.2 Å². The molecule has 1 fully saturated rings. The minimum atomic E-state index is 0.614. The van der Waals surface area contributed by atoms with Gasteiger partial charge in [0, 0.05) is 17.0 Å². The van der Waals surface area contributed by atoms with Gasteiger partial charge in [0.2, 0.25) is 0 Å². The van der Waals surface area contributed by atoms with E-state index in [-0.39, 0.29) is 0 Å². The van der Waals surface area contributed by atoms with Crippen LogP contribution < -0.4 is 0 Å². The molecule has 1 saturated carbocycles. The molecule has 24 heavy (non-hydrogen) atoms. The molecule has 0 aliphatic heterocycles. The van der Waals surface area contributed by atoms with Crippen molar-refractivity contribution in [1.29, 1.82) is 0 Å². The van der Waals surface area contributed by atoms with Crippen LogP contribution in [0.25, 0.3) is 27.7 Å². The van der Waals surface area contributed by atoms with E-state index in [4.69, 9.17) is 9.51 Å². The maximum absolute atomic E-state index is 5.38. The zero-order chi connectivity index (χ0) is 16.8. The third kappa shape index (κ3) is 2.37. The Bertz CT molecular complexity index is 922. The number of allylic oxidation sites excluding steroid dienone is 2. The molecule has 2 aromatic heterocycles. The molecule has 1 aliphatic carbocycles. The molecular formula is C20H23N3O. The molecule has 124 valence electrons. The summed E-state index contributed by atoms with van der Waals surface area (Å²) in [5.41, 5.74) is 7.90. The summed E-state index contributed by atoms with van der Waals surface area (Å²) in [6.45, 7) is 8.26. The second kappa shape index (κ2) is 5.62. The van der Waals surface area contributed by atoms with Gasteiger partial charge in [-0.25, -0.2) is 4.98 Å². The number of hydrogen-bond acceptors (Lipinski definition) is 3. The Hall–Kier alpha value is -2.36. The van der Waals surface area contributed by atoms with Crippen LogP contribution in [0.15, 0.2) is 22.7 Å². The number of imidazole rings is 1. The highest BCUT2D eigenvalue weighted by Gasteiger charge is 2.27. The average molecular weight is 321 g/mol. The van der Waals surface area contributed by atoms with Crippen LogP contribution in [-0.4, -0.2) is 15.1 Å². The molecule has 4 heteroatoms. The van der Waals surface area contributed by atoms with E-state index in [1.54, 1.807) is 0 Å². The quantitative estimate of drug-likeness (QED) is 0.688. The fraction of sp³-hybridized carbons (Fsp3) is 0.400. The SMILES string of the molecule is C/C=C(\CC)c1cc(-c2c(C)noc2C)cc2[nH]c(C3CC3)nc12. The van der Waals surface area contributed by atoms with Gasteiger partial charge in [-0.15, -0.1) is 0 Å². The van der Waals surface area contributed by atoms with Crippen LogP contribution in [0.5, 0.6) is 0 Å². The molecule has 0 saturated heterocycles. The van der Waals surface area contributed by atoms with E-state index in [0.717, 1.165) is 45.9 Å². The maximum Gasteiger partial charge on any atom is 0.141 e. The Morgan fingerprint density at radius 3 is 2.71 bits per heavy atom. The van der Waals surface area contributed by atoms with Crippen LogP contribution >= 0.6 is 0 Å². The number of hydrogen-bond donors (Lipinski definition) is 1. The normalized spacial score (nSPS) is 15.4. The first-order valence-electron chi connectivity index (χ1n) is 8.74. The summed E-state index contributed by atoms with van der Waals surface area (Å²) in [5, 5.41) is 4.12. The van der Waals surface area contributed by atoms with Crippen LogP contribution in [-0.2, 0) is 0 Å². The van der Waals surface area contributed by atoms with Gasteiger partial charge >= 0.3 is 0 Å².